The van der Waals surface area contributed by atoms with E-state index in [0.29, 0.717) is 5.95 Å². The number of rotatable bonds is 5. The topological polar surface area (TPSA) is 64.1 Å². The van der Waals surface area contributed by atoms with Gasteiger partial charge in [0.15, 0.2) is 0 Å². The van der Waals surface area contributed by atoms with E-state index in [1.807, 2.05) is 20.8 Å². The Morgan fingerprint density at radius 2 is 2.38 bits per heavy atom. The van der Waals surface area contributed by atoms with E-state index in [0.717, 1.165) is 12.1 Å². The maximum absolute atomic E-state index is 11.4. The minimum Gasteiger partial charge on any atom is -0.369 e. The highest BCUT2D eigenvalue weighted by molar-refractivity contribution is 5.89. The predicted octanol–water partition coefficient (Wildman–Crippen LogP) is 1.54. The van der Waals surface area contributed by atoms with Gasteiger partial charge in [0.2, 0.25) is 5.95 Å². The number of anilines is 1. The standard InChI is InChI=1S/C11H17N3O2/c1-4-9(3)16-7-10(15)14-11-12-6-5-8(2)13-11/h5-6,9H,4,7H2,1-3H3,(H,12,13,14,15). The molecule has 0 radical (unpaired) electrons. The first-order chi connectivity index (χ1) is 7.61. The van der Waals surface area contributed by atoms with Gasteiger partial charge in [0, 0.05) is 11.9 Å². The summed E-state index contributed by atoms with van der Waals surface area (Å²) in [5.74, 6) is 0.0867. The van der Waals surface area contributed by atoms with E-state index in [-0.39, 0.29) is 18.6 Å². The minimum atomic E-state index is -0.231. The van der Waals surface area contributed by atoms with E-state index in [1.54, 1.807) is 12.3 Å². The monoisotopic (exact) mass is 223 g/mol. The second kappa shape index (κ2) is 6.17. The van der Waals surface area contributed by atoms with E-state index < -0.39 is 0 Å². The lowest BCUT2D eigenvalue weighted by atomic mass is 10.3. The number of amides is 1. The van der Waals surface area contributed by atoms with Crippen LogP contribution >= 0.6 is 0 Å². The number of nitrogens with one attached hydrogen (secondary N) is 1. The number of hydrogen-bond acceptors (Lipinski definition) is 4. The molecule has 1 rings (SSSR count). The molecule has 0 aliphatic rings. The van der Waals surface area contributed by atoms with Crippen molar-refractivity contribution in [1.82, 2.24) is 9.97 Å². The van der Waals surface area contributed by atoms with Gasteiger partial charge < -0.3 is 4.74 Å². The second-order valence-corrected chi connectivity index (χ2v) is 3.60. The van der Waals surface area contributed by atoms with E-state index in [1.165, 1.54) is 0 Å². The van der Waals surface area contributed by atoms with Crippen LogP contribution in [-0.4, -0.2) is 28.6 Å². The van der Waals surface area contributed by atoms with Gasteiger partial charge in [-0.2, -0.15) is 0 Å². The molecule has 5 heteroatoms. The van der Waals surface area contributed by atoms with Gasteiger partial charge in [-0.25, -0.2) is 9.97 Å². The molecule has 5 nitrogen and oxygen atoms in total. The highest BCUT2D eigenvalue weighted by Crippen LogP contribution is 2.00. The van der Waals surface area contributed by atoms with Crippen LogP contribution in [0.4, 0.5) is 5.95 Å². The van der Waals surface area contributed by atoms with Crippen molar-refractivity contribution in [3.05, 3.63) is 18.0 Å². The number of ether oxygens (including phenoxy) is 1. The van der Waals surface area contributed by atoms with Crippen LogP contribution in [0.3, 0.4) is 0 Å². The smallest absolute Gasteiger partial charge is 0.252 e. The lowest BCUT2D eigenvalue weighted by Gasteiger charge is -2.09. The zero-order valence-corrected chi connectivity index (χ0v) is 9.86. The van der Waals surface area contributed by atoms with E-state index in [4.69, 9.17) is 4.74 Å². The van der Waals surface area contributed by atoms with E-state index in [2.05, 4.69) is 15.3 Å². The normalized spacial score (nSPS) is 12.2. The molecule has 0 aliphatic carbocycles. The molecule has 1 heterocycles. The van der Waals surface area contributed by atoms with Crippen LogP contribution in [0.5, 0.6) is 0 Å². The summed E-state index contributed by atoms with van der Waals surface area (Å²) in [4.78, 5) is 19.4. The molecule has 0 fully saturated rings. The highest BCUT2D eigenvalue weighted by atomic mass is 16.5. The van der Waals surface area contributed by atoms with Crippen molar-refractivity contribution < 1.29 is 9.53 Å². The van der Waals surface area contributed by atoms with Gasteiger partial charge in [0.05, 0.1) is 6.10 Å². The van der Waals surface area contributed by atoms with Gasteiger partial charge in [-0.15, -0.1) is 0 Å². The molecule has 0 saturated heterocycles. The Kier molecular flexibility index (Phi) is 4.85. The summed E-state index contributed by atoms with van der Waals surface area (Å²) in [7, 11) is 0. The summed E-state index contributed by atoms with van der Waals surface area (Å²) in [5, 5.41) is 2.58. The van der Waals surface area contributed by atoms with Crippen molar-refractivity contribution in [3.8, 4) is 0 Å². The molecular formula is C11H17N3O2. The van der Waals surface area contributed by atoms with Crippen LogP contribution in [-0.2, 0) is 9.53 Å². The van der Waals surface area contributed by atoms with Gasteiger partial charge in [0.1, 0.15) is 6.61 Å². The van der Waals surface area contributed by atoms with Crippen LogP contribution < -0.4 is 5.32 Å². The van der Waals surface area contributed by atoms with Crippen molar-refractivity contribution in [2.24, 2.45) is 0 Å². The lowest BCUT2D eigenvalue weighted by molar-refractivity contribution is -0.122. The molecule has 1 atom stereocenters. The average molecular weight is 223 g/mol. The van der Waals surface area contributed by atoms with Gasteiger partial charge in [-0.05, 0) is 26.3 Å². The quantitative estimate of drug-likeness (QED) is 0.822. The maximum Gasteiger partial charge on any atom is 0.252 e. The Labute approximate surface area is 95.3 Å². The van der Waals surface area contributed by atoms with Crippen LogP contribution in [0.1, 0.15) is 26.0 Å². The molecule has 1 aromatic rings. The van der Waals surface area contributed by atoms with Gasteiger partial charge in [-0.1, -0.05) is 6.92 Å². The predicted molar refractivity (Wildman–Crippen MR) is 61.1 cm³/mol. The second-order valence-electron chi connectivity index (χ2n) is 3.60. The molecular weight excluding hydrogens is 206 g/mol. The summed E-state index contributed by atoms with van der Waals surface area (Å²) in [6, 6.07) is 1.77. The average Bonchev–Trinajstić information content (AvgIpc) is 2.26. The molecule has 1 aromatic heterocycles. The van der Waals surface area contributed by atoms with Crippen molar-refractivity contribution >= 4 is 11.9 Å². The molecule has 0 spiro atoms. The Balaban J connectivity index is 2.40. The SMILES string of the molecule is CCC(C)OCC(=O)Nc1nccc(C)n1. The fraction of sp³-hybridized carbons (Fsp3) is 0.545. The van der Waals surface area contributed by atoms with Crippen molar-refractivity contribution in [3.63, 3.8) is 0 Å². The largest absolute Gasteiger partial charge is 0.369 e. The van der Waals surface area contributed by atoms with Crippen LogP contribution in [0.25, 0.3) is 0 Å². The van der Waals surface area contributed by atoms with Crippen LogP contribution in [0, 0.1) is 6.92 Å². The van der Waals surface area contributed by atoms with Crippen LogP contribution in [0.15, 0.2) is 12.3 Å². The molecule has 1 unspecified atom stereocenters. The fourth-order valence-corrected chi connectivity index (χ4v) is 1.01. The zero-order chi connectivity index (χ0) is 12.0. The van der Waals surface area contributed by atoms with Gasteiger partial charge >= 0.3 is 0 Å². The Morgan fingerprint density at radius 3 is 3.00 bits per heavy atom. The van der Waals surface area contributed by atoms with E-state index in [9.17, 15) is 4.79 Å². The number of hydrogen-bond donors (Lipinski definition) is 1. The number of carbonyl (C=O) groups excluding carboxylic acids is 1. The van der Waals surface area contributed by atoms with Gasteiger partial charge in [-0.3, -0.25) is 10.1 Å². The molecule has 0 aromatic carbocycles. The van der Waals surface area contributed by atoms with Crippen LogP contribution in [0.2, 0.25) is 0 Å². The first kappa shape index (κ1) is 12.6. The third kappa shape index (κ3) is 4.35. The number of nitrogens with zero attached hydrogens (tertiary/aromatic N) is 2. The molecule has 88 valence electrons. The first-order valence-electron chi connectivity index (χ1n) is 5.33. The zero-order valence-electron chi connectivity index (χ0n) is 9.86. The molecule has 0 saturated carbocycles. The Bertz CT molecular complexity index is 355. The summed E-state index contributed by atoms with van der Waals surface area (Å²) < 4.78 is 5.29. The lowest BCUT2D eigenvalue weighted by Crippen LogP contribution is -2.22. The Morgan fingerprint density at radius 1 is 1.62 bits per heavy atom. The molecule has 0 aliphatic heterocycles. The molecule has 1 amide bonds. The fourth-order valence-electron chi connectivity index (χ4n) is 1.01. The number of carbonyl (C=O) groups is 1. The minimum absolute atomic E-state index is 0.0340. The molecule has 1 N–H and O–H groups in total. The summed E-state index contributed by atoms with van der Waals surface area (Å²) in [5.41, 5.74) is 0.813. The third-order valence-electron chi connectivity index (χ3n) is 2.12. The third-order valence-corrected chi connectivity index (χ3v) is 2.12. The summed E-state index contributed by atoms with van der Waals surface area (Å²) in [6.07, 6.45) is 2.57. The highest BCUT2D eigenvalue weighted by Gasteiger charge is 2.06. The Hall–Kier alpha value is -1.49. The number of aromatic nitrogens is 2. The van der Waals surface area contributed by atoms with Gasteiger partial charge in [0.25, 0.3) is 5.91 Å². The summed E-state index contributed by atoms with van der Waals surface area (Å²) in [6.45, 7) is 5.81. The molecule has 16 heavy (non-hydrogen) atoms. The maximum atomic E-state index is 11.4. The molecule has 0 bridgehead atoms. The van der Waals surface area contributed by atoms with Crippen molar-refractivity contribution in [2.75, 3.05) is 11.9 Å². The van der Waals surface area contributed by atoms with E-state index >= 15 is 0 Å². The summed E-state index contributed by atoms with van der Waals surface area (Å²) >= 11 is 0. The number of aryl methyl sites for hydroxylation is 1. The van der Waals surface area contributed by atoms with Crippen molar-refractivity contribution in [1.29, 1.82) is 0 Å². The van der Waals surface area contributed by atoms with Crippen molar-refractivity contribution in [2.45, 2.75) is 33.3 Å². The first-order valence-corrected chi connectivity index (χ1v) is 5.33.